The molecular weight excluding hydrogens is 360 g/mol. The molecule has 1 amide bonds. The Balaban J connectivity index is 1.51. The quantitative estimate of drug-likeness (QED) is 0.430. The highest BCUT2D eigenvalue weighted by atomic mass is 35.5. The topological polar surface area (TPSA) is 41.6 Å². The summed E-state index contributed by atoms with van der Waals surface area (Å²) in [6, 6.07) is 7.53. The molecule has 2 rings (SSSR count). The van der Waals surface area contributed by atoms with Crippen LogP contribution >= 0.6 is 11.6 Å². The molecule has 0 unspecified atom stereocenters. The van der Waals surface area contributed by atoms with Gasteiger partial charge in [0.05, 0.1) is 6.42 Å². The molecule has 0 spiro atoms. The molecule has 150 valence electrons. The highest BCUT2D eigenvalue weighted by Crippen LogP contribution is 2.19. The minimum absolute atomic E-state index is 0.209. The van der Waals surface area contributed by atoms with Crippen molar-refractivity contribution in [3.05, 3.63) is 47.5 Å². The Morgan fingerprint density at radius 3 is 2.67 bits per heavy atom. The third kappa shape index (κ3) is 8.91. The second-order valence-electron chi connectivity index (χ2n) is 7.24. The van der Waals surface area contributed by atoms with Gasteiger partial charge in [0, 0.05) is 31.3 Å². The molecular formula is C22H33ClN2O2. The van der Waals surface area contributed by atoms with Crippen LogP contribution in [0.15, 0.2) is 36.9 Å². The van der Waals surface area contributed by atoms with Crippen LogP contribution in [0, 0.1) is 5.92 Å². The second kappa shape index (κ2) is 12.9. The average Bonchev–Trinajstić information content (AvgIpc) is 2.69. The van der Waals surface area contributed by atoms with E-state index in [2.05, 4.69) is 11.9 Å². The Hall–Kier alpha value is -1.36. The number of halogens is 1. The number of carbonyl (C=O) groups is 1. The van der Waals surface area contributed by atoms with E-state index in [9.17, 15) is 4.79 Å². The van der Waals surface area contributed by atoms with E-state index in [4.69, 9.17) is 16.3 Å². The van der Waals surface area contributed by atoms with E-state index in [1.54, 1.807) is 0 Å². The van der Waals surface area contributed by atoms with Crippen LogP contribution in [0.4, 0.5) is 0 Å². The second-order valence-corrected chi connectivity index (χ2v) is 7.67. The van der Waals surface area contributed by atoms with Crippen molar-refractivity contribution in [1.29, 1.82) is 0 Å². The first-order valence-electron chi connectivity index (χ1n) is 10.1. The monoisotopic (exact) mass is 392 g/mol. The number of likely N-dealkylation sites (tertiary alicyclic amines) is 1. The average molecular weight is 393 g/mol. The van der Waals surface area contributed by atoms with E-state index >= 15 is 0 Å². The van der Waals surface area contributed by atoms with Crippen molar-refractivity contribution in [3.8, 4) is 0 Å². The number of ether oxygens (including phenoxy) is 1. The maximum atomic E-state index is 12.4. The van der Waals surface area contributed by atoms with Gasteiger partial charge in [-0.3, -0.25) is 4.79 Å². The van der Waals surface area contributed by atoms with Crippen LogP contribution in [0.5, 0.6) is 0 Å². The minimum Gasteiger partial charge on any atom is -0.381 e. The predicted molar refractivity (Wildman–Crippen MR) is 112 cm³/mol. The van der Waals surface area contributed by atoms with Crippen molar-refractivity contribution in [2.24, 2.45) is 5.92 Å². The van der Waals surface area contributed by atoms with E-state index in [1.807, 2.05) is 35.2 Å². The number of nitrogens with one attached hydrogen (secondary N) is 1. The Labute approximate surface area is 168 Å². The number of benzene rings is 1. The van der Waals surface area contributed by atoms with Gasteiger partial charge in [0.25, 0.3) is 0 Å². The lowest BCUT2D eigenvalue weighted by Gasteiger charge is -2.32. The molecule has 1 saturated heterocycles. The molecule has 0 bridgehead atoms. The largest absolute Gasteiger partial charge is 0.381 e. The lowest BCUT2D eigenvalue weighted by atomic mass is 9.97. The van der Waals surface area contributed by atoms with Crippen LogP contribution in [-0.2, 0) is 16.0 Å². The third-order valence-electron chi connectivity index (χ3n) is 5.01. The summed E-state index contributed by atoms with van der Waals surface area (Å²) in [7, 11) is 0. The molecule has 4 nitrogen and oxygen atoms in total. The molecule has 1 aromatic carbocycles. The number of hydrogen-bond acceptors (Lipinski definition) is 3. The van der Waals surface area contributed by atoms with Crippen molar-refractivity contribution in [2.75, 3.05) is 39.4 Å². The molecule has 0 aromatic heterocycles. The number of unbranched alkanes of at least 4 members (excludes halogenated alkanes) is 1. The van der Waals surface area contributed by atoms with Gasteiger partial charge >= 0.3 is 0 Å². The molecule has 1 aliphatic heterocycles. The zero-order chi connectivity index (χ0) is 19.3. The molecule has 5 heteroatoms. The summed E-state index contributed by atoms with van der Waals surface area (Å²) in [4.78, 5) is 14.4. The van der Waals surface area contributed by atoms with Crippen LogP contribution < -0.4 is 5.32 Å². The maximum absolute atomic E-state index is 12.4. The molecule has 0 aliphatic carbocycles. The normalized spacial score (nSPS) is 15.1. The van der Waals surface area contributed by atoms with E-state index in [-0.39, 0.29) is 5.91 Å². The lowest BCUT2D eigenvalue weighted by molar-refractivity contribution is -0.132. The summed E-state index contributed by atoms with van der Waals surface area (Å²) < 4.78 is 5.84. The number of hydrogen-bond donors (Lipinski definition) is 1. The Bertz CT molecular complexity index is 554. The fourth-order valence-corrected chi connectivity index (χ4v) is 3.40. The van der Waals surface area contributed by atoms with Crippen molar-refractivity contribution in [3.63, 3.8) is 0 Å². The van der Waals surface area contributed by atoms with Crippen LogP contribution in [0.2, 0.25) is 5.02 Å². The molecule has 0 atom stereocenters. The van der Waals surface area contributed by atoms with Gasteiger partial charge < -0.3 is 15.0 Å². The Kier molecular flexibility index (Phi) is 10.5. The molecule has 1 N–H and O–H groups in total. The fraction of sp³-hybridized carbons (Fsp3) is 0.591. The number of carbonyl (C=O) groups excluding carboxylic acids is 1. The van der Waals surface area contributed by atoms with Gasteiger partial charge in [-0.1, -0.05) is 29.8 Å². The van der Waals surface area contributed by atoms with Crippen molar-refractivity contribution < 1.29 is 9.53 Å². The van der Waals surface area contributed by atoms with Crippen LogP contribution in [-0.4, -0.2) is 50.2 Å². The standard InChI is InChI=1S/C22H33ClN2O2/c1-2-3-12-24-13-4-5-16-27-18-20-10-14-25(15-11-20)22(26)17-19-6-8-21(23)9-7-19/h2,6-9,20,24H,1,3-5,10-18H2. The molecule has 1 heterocycles. The summed E-state index contributed by atoms with van der Waals surface area (Å²) in [6.45, 7) is 9.11. The lowest BCUT2D eigenvalue weighted by Crippen LogP contribution is -2.40. The summed E-state index contributed by atoms with van der Waals surface area (Å²) in [5.41, 5.74) is 1.02. The number of piperidine rings is 1. The predicted octanol–water partition coefficient (Wildman–Crippen LogP) is 4.08. The Morgan fingerprint density at radius 1 is 1.22 bits per heavy atom. The van der Waals surface area contributed by atoms with Crippen molar-refractivity contribution in [1.82, 2.24) is 10.2 Å². The molecule has 0 saturated carbocycles. The summed E-state index contributed by atoms with van der Waals surface area (Å²) in [5, 5.41) is 4.10. The number of amides is 1. The van der Waals surface area contributed by atoms with E-state index in [1.165, 1.54) is 0 Å². The molecule has 1 aliphatic rings. The number of rotatable bonds is 12. The summed E-state index contributed by atoms with van der Waals surface area (Å²) in [6.07, 6.45) is 7.74. The smallest absolute Gasteiger partial charge is 0.226 e. The van der Waals surface area contributed by atoms with Gasteiger partial charge in [-0.2, -0.15) is 0 Å². The van der Waals surface area contributed by atoms with Gasteiger partial charge in [-0.15, -0.1) is 6.58 Å². The highest BCUT2D eigenvalue weighted by molar-refractivity contribution is 6.30. The fourth-order valence-electron chi connectivity index (χ4n) is 3.27. The molecule has 0 radical (unpaired) electrons. The van der Waals surface area contributed by atoms with Gasteiger partial charge in [0.2, 0.25) is 5.91 Å². The van der Waals surface area contributed by atoms with Crippen LogP contribution in [0.3, 0.4) is 0 Å². The van der Waals surface area contributed by atoms with E-state index in [0.717, 1.165) is 77.1 Å². The van der Waals surface area contributed by atoms with Gasteiger partial charge in [0.15, 0.2) is 0 Å². The first-order chi connectivity index (χ1) is 13.2. The van der Waals surface area contributed by atoms with Gasteiger partial charge in [0.1, 0.15) is 0 Å². The summed E-state index contributed by atoms with van der Waals surface area (Å²) >= 11 is 5.89. The maximum Gasteiger partial charge on any atom is 0.226 e. The third-order valence-corrected chi connectivity index (χ3v) is 5.26. The van der Waals surface area contributed by atoms with Crippen molar-refractivity contribution in [2.45, 2.75) is 38.5 Å². The molecule has 1 aromatic rings. The van der Waals surface area contributed by atoms with Gasteiger partial charge in [-0.05, 0) is 68.8 Å². The van der Waals surface area contributed by atoms with Crippen LogP contribution in [0.25, 0.3) is 0 Å². The van der Waals surface area contributed by atoms with Crippen LogP contribution in [0.1, 0.15) is 37.7 Å². The molecule has 1 fully saturated rings. The SMILES string of the molecule is C=CCCNCCCCOCC1CCN(C(=O)Cc2ccc(Cl)cc2)CC1. The molecule has 27 heavy (non-hydrogen) atoms. The van der Waals surface area contributed by atoms with Gasteiger partial charge in [-0.25, -0.2) is 0 Å². The Morgan fingerprint density at radius 2 is 1.96 bits per heavy atom. The summed E-state index contributed by atoms with van der Waals surface area (Å²) in [5.74, 6) is 0.788. The van der Waals surface area contributed by atoms with E-state index in [0.29, 0.717) is 17.4 Å². The minimum atomic E-state index is 0.209. The highest BCUT2D eigenvalue weighted by Gasteiger charge is 2.22. The van der Waals surface area contributed by atoms with Crippen molar-refractivity contribution >= 4 is 17.5 Å². The zero-order valence-electron chi connectivity index (χ0n) is 16.3. The first-order valence-corrected chi connectivity index (χ1v) is 10.5. The zero-order valence-corrected chi connectivity index (χ0v) is 17.1. The number of nitrogens with zero attached hydrogens (tertiary/aromatic N) is 1. The first kappa shape index (κ1) is 21.9. The van der Waals surface area contributed by atoms with E-state index < -0.39 is 0 Å².